The largest absolute Gasteiger partial charge is 0.290 e. The molecule has 84 valence electrons. The van der Waals surface area contributed by atoms with Crippen LogP contribution >= 0.6 is 0 Å². The minimum atomic E-state index is -0.442. The van der Waals surface area contributed by atoms with Gasteiger partial charge in [-0.3, -0.25) is 14.6 Å². The van der Waals surface area contributed by atoms with Gasteiger partial charge in [0.1, 0.15) is 0 Å². The van der Waals surface area contributed by atoms with Gasteiger partial charge in [-0.05, 0) is 17.7 Å². The molecule has 1 aromatic carbocycles. The van der Waals surface area contributed by atoms with E-state index in [-0.39, 0.29) is 6.42 Å². The molecule has 17 heavy (non-hydrogen) atoms. The molecule has 0 fully saturated rings. The Hall–Kier alpha value is -2.29. The van der Waals surface area contributed by atoms with E-state index in [2.05, 4.69) is 4.98 Å². The number of hydrogen-bond donors (Lipinski definition) is 0. The topological polar surface area (TPSA) is 47.0 Å². The summed E-state index contributed by atoms with van der Waals surface area (Å²) < 4.78 is 0. The summed E-state index contributed by atoms with van der Waals surface area (Å²) in [6.45, 7) is 0. The average molecular weight is 225 g/mol. The van der Waals surface area contributed by atoms with E-state index in [1.165, 1.54) is 0 Å². The van der Waals surface area contributed by atoms with Gasteiger partial charge in [-0.1, -0.05) is 30.3 Å². The van der Waals surface area contributed by atoms with Gasteiger partial charge in [0.05, 0.1) is 0 Å². The number of carbonyl (C=O) groups is 2. The number of rotatable bonds is 4. The van der Waals surface area contributed by atoms with Crippen LogP contribution in [0.15, 0.2) is 54.9 Å². The Morgan fingerprint density at radius 1 is 0.941 bits per heavy atom. The van der Waals surface area contributed by atoms with Crippen LogP contribution in [0.1, 0.15) is 15.9 Å². The quantitative estimate of drug-likeness (QED) is 0.591. The average Bonchev–Trinajstić information content (AvgIpc) is 2.40. The van der Waals surface area contributed by atoms with Gasteiger partial charge in [-0.15, -0.1) is 0 Å². The van der Waals surface area contributed by atoms with Gasteiger partial charge in [-0.25, -0.2) is 0 Å². The summed E-state index contributed by atoms with van der Waals surface area (Å²) in [5.41, 5.74) is 1.24. The van der Waals surface area contributed by atoms with E-state index in [4.69, 9.17) is 0 Å². The molecule has 2 rings (SSSR count). The highest BCUT2D eigenvalue weighted by molar-refractivity contribution is 6.44. The van der Waals surface area contributed by atoms with Crippen molar-refractivity contribution in [3.05, 3.63) is 66.0 Å². The molecule has 1 heterocycles. The molecule has 2 aromatic rings. The third-order valence-electron chi connectivity index (χ3n) is 2.40. The van der Waals surface area contributed by atoms with Crippen molar-refractivity contribution >= 4 is 11.6 Å². The third kappa shape index (κ3) is 2.84. The molecule has 0 aliphatic heterocycles. The fraction of sp³-hybridized carbons (Fsp3) is 0.0714. The molecule has 0 unspecified atom stereocenters. The van der Waals surface area contributed by atoms with Gasteiger partial charge < -0.3 is 0 Å². The Morgan fingerprint density at radius 2 is 1.59 bits per heavy atom. The highest BCUT2D eigenvalue weighted by Gasteiger charge is 2.15. The van der Waals surface area contributed by atoms with Crippen molar-refractivity contribution in [2.24, 2.45) is 0 Å². The summed E-state index contributed by atoms with van der Waals surface area (Å²) in [6.07, 6.45) is 3.33. The fourth-order valence-electron chi connectivity index (χ4n) is 1.52. The van der Waals surface area contributed by atoms with Gasteiger partial charge in [0, 0.05) is 24.4 Å². The van der Waals surface area contributed by atoms with Crippen LogP contribution in [0, 0.1) is 0 Å². The molecule has 0 radical (unpaired) electrons. The first-order valence-electron chi connectivity index (χ1n) is 5.29. The van der Waals surface area contributed by atoms with Crippen LogP contribution in [-0.4, -0.2) is 16.6 Å². The summed E-state index contributed by atoms with van der Waals surface area (Å²) in [5.74, 6) is -0.843. The molecule has 0 spiro atoms. The second kappa shape index (κ2) is 5.16. The number of carbonyl (C=O) groups excluding carboxylic acids is 2. The maximum Gasteiger partial charge on any atom is 0.228 e. The Kier molecular flexibility index (Phi) is 3.40. The second-order valence-corrected chi connectivity index (χ2v) is 3.65. The van der Waals surface area contributed by atoms with E-state index in [1.54, 1.807) is 48.8 Å². The molecule has 0 saturated carbocycles. The lowest BCUT2D eigenvalue weighted by Gasteiger charge is -2.00. The molecule has 1 aromatic heterocycles. The van der Waals surface area contributed by atoms with Crippen LogP contribution in [0.2, 0.25) is 0 Å². The van der Waals surface area contributed by atoms with Gasteiger partial charge in [0.25, 0.3) is 0 Å². The number of hydrogen-bond acceptors (Lipinski definition) is 3. The van der Waals surface area contributed by atoms with Crippen LogP contribution in [0.4, 0.5) is 0 Å². The highest BCUT2D eigenvalue weighted by atomic mass is 16.2. The smallest absolute Gasteiger partial charge is 0.228 e. The monoisotopic (exact) mass is 225 g/mol. The first kappa shape index (κ1) is 11.2. The summed E-state index contributed by atoms with van der Waals surface area (Å²) >= 11 is 0. The minimum Gasteiger partial charge on any atom is -0.290 e. The standard InChI is InChI=1S/C14H11NO2/c16-13(10-11-6-8-15-9-7-11)14(17)12-4-2-1-3-5-12/h1-9H,10H2. The lowest BCUT2D eigenvalue weighted by Crippen LogP contribution is -2.16. The fourth-order valence-corrected chi connectivity index (χ4v) is 1.52. The summed E-state index contributed by atoms with van der Waals surface area (Å²) in [6, 6.07) is 12.1. The van der Waals surface area contributed by atoms with Crippen LogP contribution in [0.5, 0.6) is 0 Å². The van der Waals surface area contributed by atoms with E-state index < -0.39 is 11.6 Å². The number of ketones is 2. The Morgan fingerprint density at radius 3 is 2.24 bits per heavy atom. The van der Waals surface area contributed by atoms with Gasteiger partial charge in [-0.2, -0.15) is 0 Å². The van der Waals surface area contributed by atoms with Crippen molar-refractivity contribution in [1.82, 2.24) is 4.98 Å². The summed E-state index contributed by atoms with van der Waals surface area (Å²) in [5, 5.41) is 0. The molecule has 0 saturated heterocycles. The van der Waals surface area contributed by atoms with E-state index in [0.29, 0.717) is 5.56 Å². The van der Waals surface area contributed by atoms with Crippen LogP contribution in [-0.2, 0) is 11.2 Å². The molecular weight excluding hydrogens is 214 g/mol. The van der Waals surface area contributed by atoms with Crippen LogP contribution < -0.4 is 0 Å². The Bertz CT molecular complexity index is 520. The molecule has 0 atom stereocenters. The third-order valence-corrected chi connectivity index (χ3v) is 2.40. The molecule has 0 bridgehead atoms. The summed E-state index contributed by atoms with van der Waals surface area (Å²) in [7, 11) is 0. The second-order valence-electron chi connectivity index (χ2n) is 3.65. The summed E-state index contributed by atoms with van der Waals surface area (Å²) in [4.78, 5) is 27.4. The number of pyridine rings is 1. The molecule has 0 amide bonds. The first-order valence-corrected chi connectivity index (χ1v) is 5.29. The number of aromatic nitrogens is 1. The molecular formula is C14H11NO2. The van der Waals surface area contributed by atoms with Crippen molar-refractivity contribution in [1.29, 1.82) is 0 Å². The lowest BCUT2D eigenvalue weighted by atomic mass is 10.0. The predicted octanol–water partition coefficient (Wildman–Crippen LogP) is 2.08. The van der Waals surface area contributed by atoms with Gasteiger partial charge in [0.15, 0.2) is 0 Å². The Labute approximate surface area is 99.1 Å². The number of Topliss-reactive ketones (excluding diaryl/α,β-unsaturated/α-hetero) is 2. The molecule has 3 heteroatoms. The predicted molar refractivity (Wildman–Crippen MR) is 63.7 cm³/mol. The van der Waals surface area contributed by atoms with Crippen LogP contribution in [0.3, 0.4) is 0 Å². The van der Waals surface area contributed by atoms with Crippen molar-refractivity contribution in [2.45, 2.75) is 6.42 Å². The van der Waals surface area contributed by atoms with Crippen LogP contribution in [0.25, 0.3) is 0 Å². The van der Waals surface area contributed by atoms with E-state index in [0.717, 1.165) is 5.56 Å². The molecule has 3 nitrogen and oxygen atoms in total. The van der Waals surface area contributed by atoms with Crippen molar-refractivity contribution in [2.75, 3.05) is 0 Å². The zero-order valence-electron chi connectivity index (χ0n) is 9.17. The van der Waals surface area contributed by atoms with E-state index >= 15 is 0 Å². The zero-order valence-corrected chi connectivity index (χ0v) is 9.17. The maximum atomic E-state index is 11.8. The number of nitrogens with zero attached hydrogens (tertiary/aromatic N) is 1. The highest BCUT2D eigenvalue weighted by Crippen LogP contribution is 2.05. The zero-order chi connectivity index (χ0) is 12.1. The normalized spacial score (nSPS) is 9.88. The Balaban J connectivity index is 2.09. The number of benzene rings is 1. The first-order chi connectivity index (χ1) is 8.27. The van der Waals surface area contributed by atoms with E-state index in [9.17, 15) is 9.59 Å². The van der Waals surface area contributed by atoms with Gasteiger partial charge in [0.2, 0.25) is 11.6 Å². The van der Waals surface area contributed by atoms with Crippen molar-refractivity contribution < 1.29 is 9.59 Å². The lowest BCUT2D eigenvalue weighted by molar-refractivity contribution is -0.114. The van der Waals surface area contributed by atoms with E-state index in [1.807, 2.05) is 6.07 Å². The maximum absolute atomic E-state index is 11.8. The van der Waals surface area contributed by atoms with Crippen molar-refractivity contribution in [3.8, 4) is 0 Å². The van der Waals surface area contributed by atoms with Gasteiger partial charge >= 0.3 is 0 Å². The minimum absolute atomic E-state index is 0.121. The SMILES string of the molecule is O=C(Cc1ccncc1)C(=O)c1ccccc1. The van der Waals surface area contributed by atoms with Crippen molar-refractivity contribution in [3.63, 3.8) is 0 Å². The molecule has 0 N–H and O–H groups in total. The molecule has 0 aliphatic rings. The molecule has 0 aliphatic carbocycles.